The first-order chi connectivity index (χ1) is 11.1. The highest BCUT2D eigenvalue weighted by Crippen LogP contribution is 2.20. The lowest BCUT2D eigenvalue weighted by molar-refractivity contribution is 0.130. The second-order valence-electron chi connectivity index (χ2n) is 4.38. The van der Waals surface area contributed by atoms with Gasteiger partial charge in [-0.3, -0.25) is 14.7 Å². The number of aromatic nitrogens is 3. The maximum Gasteiger partial charge on any atom is 0.235 e. The summed E-state index contributed by atoms with van der Waals surface area (Å²) in [5.74, 6) is -0.479. The largest absolute Gasteiger partial charge is 0.376 e. The molecule has 0 fully saturated rings. The van der Waals surface area contributed by atoms with Crippen LogP contribution in [0.4, 0.5) is 17.8 Å². The second-order valence-corrected chi connectivity index (χ2v) is 4.38. The molecule has 6 N–H and O–H groups in total. The number of hydrogen-bond acceptors (Lipinski definition) is 12. The smallest absolute Gasteiger partial charge is 0.235 e. The van der Waals surface area contributed by atoms with E-state index >= 15 is 0 Å². The molecule has 12 heteroatoms. The Labute approximate surface area is 132 Å². The summed E-state index contributed by atoms with van der Waals surface area (Å²) < 4.78 is 0. The van der Waals surface area contributed by atoms with Crippen molar-refractivity contribution in [1.82, 2.24) is 15.0 Å². The van der Waals surface area contributed by atoms with Crippen LogP contribution in [0, 0.1) is 0 Å². The fraction of sp³-hybridized carbons (Fsp3) is 0.727. The fourth-order valence-electron chi connectivity index (χ4n) is 1.61. The summed E-state index contributed by atoms with van der Waals surface area (Å²) in [5, 5.41) is 56.1. The standard InChI is InChI=1S/C11H22N6O6/c1-2-8(23)17(7-22)11-13-9(15(3-18)4-19)12-10(14-11)16(5-20)6-21/h8,18-23H,2-7H2,1H3. The van der Waals surface area contributed by atoms with Gasteiger partial charge in [-0.1, -0.05) is 6.92 Å². The van der Waals surface area contributed by atoms with Gasteiger partial charge in [-0.25, -0.2) is 0 Å². The molecule has 0 amide bonds. The predicted octanol–water partition coefficient (Wildman–Crippen LogP) is -3.23. The van der Waals surface area contributed by atoms with E-state index in [1.54, 1.807) is 6.92 Å². The van der Waals surface area contributed by atoms with Crippen molar-refractivity contribution in [3.05, 3.63) is 0 Å². The predicted molar refractivity (Wildman–Crippen MR) is 79.0 cm³/mol. The molecule has 1 atom stereocenters. The molecule has 1 rings (SSSR count). The van der Waals surface area contributed by atoms with Gasteiger partial charge in [0.15, 0.2) is 0 Å². The monoisotopic (exact) mass is 334 g/mol. The second kappa shape index (κ2) is 9.34. The van der Waals surface area contributed by atoms with Gasteiger partial charge in [-0.2, -0.15) is 15.0 Å². The molecule has 1 heterocycles. The van der Waals surface area contributed by atoms with Crippen molar-refractivity contribution in [2.75, 3.05) is 48.4 Å². The third-order valence-corrected chi connectivity index (χ3v) is 2.98. The SMILES string of the molecule is CCC(O)N(CO)c1nc(N(CO)CO)nc(N(CO)CO)n1. The van der Waals surface area contributed by atoms with E-state index in [1.807, 2.05) is 0 Å². The van der Waals surface area contributed by atoms with Gasteiger partial charge in [0.05, 0.1) is 0 Å². The summed E-state index contributed by atoms with van der Waals surface area (Å²) in [6.45, 7) is -1.34. The topological polar surface area (TPSA) is 170 Å². The summed E-state index contributed by atoms with van der Waals surface area (Å²) >= 11 is 0. The summed E-state index contributed by atoms with van der Waals surface area (Å²) in [6.07, 6.45) is -0.818. The minimum absolute atomic E-state index is 0.152. The highest BCUT2D eigenvalue weighted by atomic mass is 16.3. The molecule has 0 aliphatic rings. The average Bonchev–Trinajstić information content (AvgIpc) is 2.57. The third-order valence-electron chi connectivity index (χ3n) is 2.98. The van der Waals surface area contributed by atoms with Gasteiger partial charge in [0.1, 0.15) is 39.9 Å². The van der Waals surface area contributed by atoms with E-state index in [4.69, 9.17) is 0 Å². The molecule has 0 aromatic carbocycles. The zero-order chi connectivity index (χ0) is 17.4. The fourth-order valence-corrected chi connectivity index (χ4v) is 1.61. The molecule has 0 radical (unpaired) electrons. The maximum absolute atomic E-state index is 9.90. The van der Waals surface area contributed by atoms with Crippen LogP contribution in [0.3, 0.4) is 0 Å². The first kappa shape index (κ1) is 19.2. The van der Waals surface area contributed by atoms with Crippen LogP contribution in [0.25, 0.3) is 0 Å². The van der Waals surface area contributed by atoms with Gasteiger partial charge in [0.2, 0.25) is 17.8 Å². The molecule has 23 heavy (non-hydrogen) atoms. The molecule has 0 saturated heterocycles. The number of rotatable bonds is 10. The van der Waals surface area contributed by atoms with Gasteiger partial charge < -0.3 is 30.6 Å². The van der Waals surface area contributed by atoms with Gasteiger partial charge in [0, 0.05) is 0 Å². The molecule has 12 nitrogen and oxygen atoms in total. The van der Waals surface area contributed by atoms with E-state index in [2.05, 4.69) is 15.0 Å². The van der Waals surface area contributed by atoms with E-state index in [-0.39, 0.29) is 24.3 Å². The molecule has 0 saturated carbocycles. The van der Waals surface area contributed by atoms with Crippen LogP contribution in [-0.2, 0) is 0 Å². The Morgan fingerprint density at radius 3 is 1.43 bits per heavy atom. The van der Waals surface area contributed by atoms with E-state index in [9.17, 15) is 30.6 Å². The number of anilines is 3. The Kier molecular flexibility index (Phi) is 7.80. The Bertz CT molecular complexity index is 442. The highest BCUT2D eigenvalue weighted by molar-refractivity contribution is 5.46. The maximum atomic E-state index is 9.90. The lowest BCUT2D eigenvalue weighted by atomic mass is 10.4. The Morgan fingerprint density at radius 2 is 1.13 bits per heavy atom. The van der Waals surface area contributed by atoms with E-state index in [1.165, 1.54) is 0 Å². The summed E-state index contributed by atoms with van der Waals surface area (Å²) in [4.78, 5) is 14.8. The van der Waals surface area contributed by atoms with Crippen molar-refractivity contribution in [3.63, 3.8) is 0 Å². The number of aliphatic hydroxyl groups is 6. The van der Waals surface area contributed by atoms with Crippen LogP contribution < -0.4 is 14.7 Å². The first-order valence-corrected chi connectivity index (χ1v) is 6.81. The Morgan fingerprint density at radius 1 is 0.739 bits per heavy atom. The van der Waals surface area contributed by atoms with Gasteiger partial charge >= 0.3 is 0 Å². The van der Waals surface area contributed by atoms with Crippen LogP contribution in [0.15, 0.2) is 0 Å². The average molecular weight is 334 g/mol. The quantitative estimate of drug-likeness (QED) is 0.237. The lowest BCUT2D eigenvalue weighted by Gasteiger charge is -2.27. The van der Waals surface area contributed by atoms with E-state index in [0.717, 1.165) is 14.7 Å². The molecule has 1 unspecified atom stereocenters. The number of hydrogen-bond donors (Lipinski definition) is 6. The van der Waals surface area contributed by atoms with Gasteiger partial charge in [-0.05, 0) is 6.42 Å². The summed E-state index contributed by atoms with van der Waals surface area (Å²) in [7, 11) is 0. The van der Waals surface area contributed by atoms with Crippen molar-refractivity contribution in [2.45, 2.75) is 19.6 Å². The minimum atomic E-state index is -1.09. The van der Waals surface area contributed by atoms with Crippen molar-refractivity contribution < 1.29 is 30.6 Å². The van der Waals surface area contributed by atoms with Crippen molar-refractivity contribution in [3.8, 4) is 0 Å². The van der Waals surface area contributed by atoms with E-state index < -0.39 is 39.9 Å². The molecule has 0 aliphatic heterocycles. The number of nitrogens with zero attached hydrogens (tertiary/aromatic N) is 6. The molecule has 0 spiro atoms. The van der Waals surface area contributed by atoms with Crippen molar-refractivity contribution >= 4 is 17.8 Å². The molecule has 0 aliphatic carbocycles. The summed E-state index contributed by atoms with van der Waals surface area (Å²) in [6, 6.07) is 0. The highest BCUT2D eigenvalue weighted by Gasteiger charge is 2.22. The van der Waals surface area contributed by atoms with Crippen LogP contribution in [0.1, 0.15) is 13.3 Å². The molecular formula is C11H22N6O6. The lowest BCUT2D eigenvalue weighted by Crippen LogP contribution is -2.38. The van der Waals surface area contributed by atoms with Crippen molar-refractivity contribution in [2.24, 2.45) is 0 Å². The molecule has 1 aromatic heterocycles. The number of aliphatic hydroxyl groups excluding tert-OH is 6. The zero-order valence-corrected chi connectivity index (χ0v) is 12.7. The van der Waals surface area contributed by atoms with Crippen LogP contribution in [0.2, 0.25) is 0 Å². The molecular weight excluding hydrogens is 312 g/mol. The zero-order valence-electron chi connectivity index (χ0n) is 12.7. The summed E-state index contributed by atoms with van der Waals surface area (Å²) in [5.41, 5.74) is 0. The van der Waals surface area contributed by atoms with Gasteiger partial charge in [-0.15, -0.1) is 0 Å². The Balaban J connectivity index is 3.37. The first-order valence-electron chi connectivity index (χ1n) is 6.81. The normalized spacial score (nSPS) is 12.1. The van der Waals surface area contributed by atoms with Gasteiger partial charge in [0.25, 0.3) is 0 Å². The minimum Gasteiger partial charge on any atom is -0.376 e. The molecule has 1 aromatic rings. The van der Waals surface area contributed by atoms with Crippen LogP contribution >= 0.6 is 0 Å². The van der Waals surface area contributed by atoms with Crippen molar-refractivity contribution in [1.29, 1.82) is 0 Å². The third kappa shape index (κ3) is 4.57. The molecule has 132 valence electrons. The Hall–Kier alpha value is -1.83. The molecule has 0 bridgehead atoms. The van der Waals surface area contributed by atoms with E-state index in [0.29, 0.717) is 0 Å². The van der Waals surface area contributed by atoms with Crippen LogP contribution in [0.5, 0.6) is 0 Å². The van der Waals surface area contributed by atoms with Crippen LogP contribution in [-0.4, -0.2) is 85.5 Å².